The van der Waals surface area contributed by atoms with Crippen LogP contribution in [0.2, 0.25) is 0 Å². The van der Waals surface area contributed by atoms with Crippen LogP contribution in [0.1, 0.15) is 12.8 Å². The summed E-state index contributed by atoms with van der Waals surface area (Å²) in [4.78, 5) is 21.9. The molecule has 7 nitrogen and oxygen atoms in total. The van der Waals surface area contributed by atoms with Crippen molar-refractivity contribution in [3.63, 3.8) is 0 Å². The number of esters is 2. The maximum absolute atomic E-state index is 10.9. The molecule has 0 radical (unpaired) electrons. The molecule has 0 aliphatic carbocycles. The highest BCUT2D eigenvalue weighted by Gasteiger charge is 2.23. The monoisotopic (exact) mass is 254 g/mol. The first-order valence-corrected chi connectivity index (χ1v) is 6.12. The quantitative estimate of drug-likeness (QED) is 0.463. The van der Waals surface area contributed by atoms with Gasteiger partial charge in [-0.3, -0.25) is 13.8 Å². The van der Waals surface area contributed by atoms with Crippen molar-refractivity contribution in [2.75, 3.05) is 20.5 Å². The summed E-state index contributed by atoms with van der Waals surface area (Å²) >= 11 is 0. The van der Waals surface area contributed by atoms with E-state index in [-0.39, 0.29) is 12.8 Å². The molecule has 0 bridgehead atoms. The number of hydrogen-bond acceptors (Lipinski definition) is 7. The van der Waals surface area contributed by atoms with Crippen LogP contribution in [0.15, 0.2) is 0 Å². The molecule has 0 aromatic heterocycles. The van der Waals surface area contributed by atoms with E-state index in [9.17, 15) is 18.0 Å². The van der Waals surface area contributed by atoms with Gasteiger partial charge in [0.05, 0.1) is 39.4 Å². The number of carbonyl (C=O) groups is 2. The molecule has 0 aromatic rings. The highest BCUT2D eigenvalue weighted by molar-refractivity contribution is 7.86. The highest BCUT2D eigenvalue weighted by Crippen LogP contribution is 2.09. The van der Waals surface area contributed by atoms with Gasteiger partial charge in [0.2, 0.25) is 0 Å². The fourth-order valence-corrected chi connectivity index (χ4v) is 1.56. The largest absolute Gasteiger partial charge is 0.469 e. The Morgan fingerprint density at radius 1 is 1.06 bits per heavy atom. The molecule has 0 N–H and O–H groups in total. The number of rotatable bonds is 6. The summed E-state index contributed by atoms with van der Waals surface area (Å²) in [5.41, 5.74) is 0. The van der Waals surface area contributed by atoms with Gasteiger partial charge < -0.3 is 9.47 Å². The lowest BCUT2D eigenvalue weighted by Gasteiger charge is -2.13. The van der Waals surface area contributed by atoms with E-state index >= 15 is 0 Å². The normalized spacial score (nSPS) is 11.2. The average Bonchev–Trinajstić information content (AvgIpc) is 2.14. The molecular formula is C8H14O7S. The van der Waals surface area contributed by atoms with Crippen LogP contribution in [-0.4, -0.2) is 46.9 Å². The Morgan fingerprint density at radius 3 is 1.69 bits per heavy atom. The maximum atomic E-state index is 10.9. The number of hydrogen-bond donors (Lipinski definition) is 0. The molecule has 0 aliphatic rings. The maximum Gasteiger partial charge on any atom is 0.308 e. The Morgan fingerprint density at radius 2 is 1.44 bits per heavy atom. The molecule has 8 heteroatoms. The average molecular weight is 254 g/mol. The zero-order valence-electron chi connectivity index (χ0n) is 9.26. The van der Waals surface area contributed by atoms with Crippen LogP contribution in [0.4, 0.5) is 0 Å². The van der Waals surface area contributed by atoms with Crippen molar-refractivity contribution >= 4 is 22.1 Å². The predicted molar refractivity (Wildman–Crippen MR) is 53.0 cm³/mol. The lowest BCUT2D eigenvalue weighted by atomic mass is 10.2. The van der Waals surface area contributed by atoms with Crippen molar-refractivity contribution < 1.29 is 31.7 Å². The van der Waals surface area contributed by atoms with E-state index in [1.165, 1.54) is 0 Å². The molecular weight excluding hydrogens is 240 g/mol. The van der Waals surface area contributed by atoms with Crippen LogP contribution < -0.4 is 0 Å². The first kappa shape index (κ1) is 14.8. The summed E-state index contributed by atoms with van der Waals surface area (Å²) < 4.78 is 35.0. The first-order chi connectivity index (χ1) is 7.28. The van der Waals surface area contributed by atoms with Crippen molar-refractivity contribution in [3.05, 3.63) is 0 Å². The van der Waals surface area contributed by atoms with Gasteiger partial charge in [-0.1, -0.05) is 0 Å². The summed E-state index contributed by atoms with van der Waals surface area (Å²) in [7, 11) is -1.45. The Labute approximate surface area is 93.8 Å². The molecule has 0 saturated heterocycles. The van der Waals surface area contributed by atoms with E-state index in [0.717, 1.165) is 20.5 Å². The molecule has 0 saturated carbocycles. The highest BCUT2D eigenvalue weighted by atomic mass is 32.2. The Balaban J connectivity index is 4.50. The van der Waals surface area contributed by atoms with Crippen molar-refractivity contribution in [2.45, 2.75) is 18.9 Å². The summed E-state index contributed by atoms with van der Waals surface area (Å²) in [5.74, 6) is -1.34. The number of ether oxygens (including phenoxy) is 2. The lowest BCUT2D eigenvalue weighted by Crippen LogP contribution is -2.25. The number of methoxy groups -OCH3 is 2. The summed E-state index contributed by atoms with van der Waals surface area (Å²) in [6.07, 6.45) is -0.943. The Kier molecular flexibility index (Phi) is 5.97. The molecule has 0 amide bonds. The van der Waals surface area contributed by atoms with Crippen molar-refractivity contribution in [2.24, 2.45) is 0 Å². The molecule has 0 unspecified atom stereocenters. The molecule has 0 atom stereocenters. The molecule has 16 heavy (non-hydrogen) atoms. The minimum absolute atomic E-state index is 0.335. The fourth-order valence-electron chi connectivity index (χ4n) is 0.926. The van der Waals surface area contributed by atoms with E-state index in [1.807, 2.05) is 0 Å². The van der Waals surface area contributed by atoms with Gasteiger partial charge in [-0.15, -0.1) is 0 Å². The van der Waals surface area contributed by atoms with Crippen LogP contribution in [0.25, 0.3) is 0 Å². The van der Waals surface area contributed by atoms with Gasteiger partial charge >= 0.3 is 11.9 Å². The fraction of sp³-hybridized carbons (Fsp3) is 0.750. The standard InChI is InChI=1S/C8H14O7S/c1-13-7(9)4-6(5-8(10)14-2)15-16(3,11)12/h6H,4-5H2,1-3H3. The molecule has 0 spiro atoms. The van der Waals surface area contributed by atoms with E-state index in [0.29, 0.717) is 0 Å². The zero-order chi connectivity index (χ0) is 12.8. The van der Waals surface area contributed by atoms with Gasteiger partial charge in [0.25, 0.3) is 10.1 Å². The Bertz CT molecular complexity index is 327. The van der Waals surface area contributed by atoms with Crippen LogP contribution >= 0.6 is 0 Å². The topological polar surface area (TPSA) is 96.0 Å². The summed E-state index contributed by atoms with van der Waals surface area (Å²) in [6.45, 7) is 0. The Hall–Kier alpha value is -1.15. The molecule has 0 heterocycles. The molecule has 0 fully saturated rings. The van der Waals surface area contributed by atoms with Crippen molar-refractivity contribution in [1.82, 2.24) is 0 Å². The molecule has 0 aliphatic heterocycles. The predicted octanol–water partition coefficient (Wildman–Crippen LogP) is -0.543. The molecule has 94 valence electrons. The SMILES string of the molecule is COC(=O)CC(CC(=O)OC)OS(C)(=O)=O. The third-order valence-corrected chi connectivity index (χ3v) is 2.18. The van der Waals surface area contributed by atoms with Crippen LogP contribution in [0, 0.1) is 0 Å². The van der Waals surface area contributed by atoms with Gasteiger partial charge in [0.1, 0.15) is 0 Å². The van der Waals surface area contributed by atoms with E-state index in [4.69, 9.17) is 0 Å². The van der Waals surface area contributed by atoms with Crippen LogP contribution in [0.3, 0.4) is 0 Å². The van der Waals surface area contributed by atoms with Crippen molar-refractivity contribution in [3.8, 4) is 0 Å². The zero-order valence-corrected chi connectivity index (χ0v) is 10.1. The first-order valence-electron chi connectivity index (χ1n) is 4.30. The minimum Gasteiger partial charge on any atom is -0.469 e. The van der Waals surface area contributed by atoms with E-state index < -0.39 is 28.2 Å². The smallest absolute Gasteiger partial charge is 0.308 e. The second kappa shape index (κ2) is 6.44. The third kappa shape index (κ3) is 7.18. The second-order valence-corrected chi connectivity index (χ2v) is 4.58. The molecule has 0 aromatic carbocycles. The van der Waals surface area contributed by atoms with E-state index in [2.05, 4.69) is 13.7 Å². The van der Waals surface area contributed by atoms with Gasteiger partial charge in [0.15, 0.2) is 0 Å². The third-order valence-electron chi connectivity index (χ3n) is 1.55. The van der Waals surface area contributed by atoms with Crippen molar-refractivity contribution in [1.29, 1.82) is 0 Å². The van der Waals surface area contributed by atoms with Crippen LogP contribution in [-0.2, 0) is 33.4 Å². The van der Waals surface area contributed by atoms with Gasteiger partial charge in [-0.25, -0.2) is 0 Å². The van der Waals surface area contributed by atoms with Gasteiger partial charge in [0, 0.05) is 0 Å². The summed E-state index contributed by atoms with van der Waals surface area (Å²) in [6, 6.07) is 0. The summed E-state index contributed by atoms with van der Waals surface area (Å²) in [5, 5.41) is 0. The second-order valence-electron chi connectivity index (χ2n) is 2.98. The van der Waals surface area contributed by atoms with Crippen LogP contribution in [0.5, 0.6) is 0 Å². The minimum atomic E-state index is -3.75. The van der Waals surface area contributed by atoms with Gasteiger partial charge in [-0.2, -0.15) is 8.42 Å². The van der Waals surface area contributed by atoms with E-state index in [1.54, 1.807) is 0 Å². The molecule has 0 rings (SSSR count). The van der Waals surface area contributed by atoms with Gasteiger partial charge in [-0.05, 0) is 0 Å². The lowest BCUT2D eigenvalue weighted by molar-refractivity contribution is -0.145. The number of carbonyl (C=O) groups excluding carboxylic acids is 2.